The minimum absolute atomic E-state index is 0.0387. The van der Waals surface area contributed by atoms with E-state index in [0.29, 0.717) is 12.1 Å². The molecule has 1 aromatic carbocycles. The van der Waals surface area contributed by atoms with Crippen LogP contribution in [0.4, 0.5) is 0 Å². The van der Waals surface area contributed by atoms with E-state index >= 15 is 0 Å². The van der Waals surface area contributed by atoms with Crippen LogP contribution in [0.15, 0.2) is 42.6 Å². The molecule has 4 fully saturated rings. The third kappa shape index (κ3) is 8.32. The number of carbonyl (C=O) groups excluding carboxylic acids is 2. The van der Waals surface area contributed by atoms with Gasteiger partial charge in [-0.1, -0.05) is 50.3 Å². The van der Waals surface area contributed by atoms with E-state index in [0.717, 1.165) is 118 Å². The molecule has 2 amide bonds. The van der Waals surface area contributed by atoms with E-state index in [1.54, 1.807) is 0 Å². The van der Waals surface area contributed by atoms with Gasteiger partial charge in [0, 0.05) is 41.3 Å². The molecule has 0 spiro atoms. The van der Waals surface area contributed by atoms with Gasteiger partial charge < -0.3 is 31.7 Å². The van der Waals surface area contributed by atoms with Gasteiger partial charge in [0.05, 0.1) is 0 Å². The Labute approximate surface area is 281 Å². The summed E-state index contributed by atoms with van der Waals surface area (Å²) in [5, 5.41) is 7.94. The lowest BCUT2D eigenvalue weighted by atomic mass is 9.53. The number of amides is 2. The number of H-pyrrole nitrogens is 1. The van der Waals surface area contributed by atoms with Gasteiger partial charge in [-0.3, -0.25) is 9.59 Å². The highest BCUT2D eigenvalue weighted by atomic mass is 16.2. The summed E-state index contributed by atoms with van der Waals surface area (Å²) >= 11 is 0. The summed E-state index contributed by atoms with van der Waals surface area (Å²) in [4.78, 5) is 31.9. The lowest BCUT2D eigenvalue weighted by molar-refractivity contribution is -0.128. The lowest BCUT2D eigenvalue weighted by Crippen LogP contribution is -2.63. The number of aromatic nitrogens is 2. The zero-order valence-electron chi connectivity index (χ0n) is 28.4. The van der Waals surface area contributed by atoms with Crippen molar-refractivity contribution < 1.29 is 9.59 Å². The first kappa shape index (κ1) is 33.8. The van der Waals surface area contributed by atoms with Gasteiger partial charge in [0.1, 0.15) is 11.7 Å². The quantitative estimate of drug-likeness (QED) is 0.0974. The van der Waals surface area contributed by atoms with Crippen LogP contribution in [0.3, 0.4) is 0 Å². The third-order valence-electron chi connectivity index (χ3n) is 11.4. The molecule has 4 aliphatic carbocycles. The maximum Gasteiger partial charge on any atom is 0.268 e. The molecule has 8 nitrogen and oxygen atoms in total. The average Bonchev–Trinajstić information content (AvgIpc) is 3.65. The first-order chi connectivity index (χ1) is 23.0. The fourth-order valence-corrected chi connectivity index (χ4v) is 9.51. The van der Waals surface area contributed by atoms with Crippen LogP contribution in [0, 0.1) is 17.8 Å². The van der Waals surface area contributed by atoms with Crippen LogP contribution in [-0.4, -0.2) is 46.0 Å². The maximum absolute atomic E-state index is 14.3. The smallest absolute Gasteiger partial charge is 0.268 e. The van der Waals surface area contributed by atoms with Crippen molar-refractivity contribution >= 4 is 22.7 Å². The van der Waals surface area contributed by atoms with Gasteiger partial charge in [-0.2, -0.15) is 0 Å². The normalized spacial score (nSPS) is 23.7. The monoisotopic (exact) mass is 642 g/mol. The number of nitrogens with one attached hydrogen (secondary N) is 3. The molecule has 4 bridgehead atoms. The fourth-order valence-electron chi connectivity index (χ4n) is 9.51. The van der Waals surface area contributed by atoms with E-state index in [1.807, 2.05) is 24.4 Å². The number of nitrogens with two attached hydrogens (primary N) is 2. The van der Waals surface area contributed by atoms with Crippen LogP contribution in [0.5, 0.6) is 0 Å². The number of fused-ring (bicyclic) bond motifs is 1. The number of aromatic amines is 1. The Morgan fingerprint density at radius 3 is 2.17 bits per heavy atom. The number of nitrogens with zero attached hydrogens (tertiary/aromatic N) is 1. The van der Waals surface area contributed by atoms with Gasteiger partial charge in [-0.15, -0.1) is 0 Å². The Morgan fingerprint density at radius 1 is 0.830 bits per heavy atom. The summed E-state index contributed by atoms with van der Waals surface area (Å²) < 4.78 is 2.22. The van der Waals surface area contributed by atoms with Gasteiger partial charge in [0.2, 0.25) is 5.91 Å². The minimum Gasteiger partial charge on any atom is -0.361 e. The average molecular weight is 643 g/mol. The Balaban J connectivity index is 1.20. The molecule has 0 saturated heterocycles. The van der Waals surface area contributed by atoms with Gasteiger partial charge >= 0.3 is 0 Å². The number of para-hydroxylation sites is 1. The molecule has 47 heavy (non-hydrogen) atoms. The Bertz CT molecular complexity index is 1440. The van der Waals surface area contributed by atoms with Crippen molar-refractivity contribution in [3.63, 3.8) is 0 Å². The van der Waals surface area contributed by atoms with Crippen LogP contribution in [0.1, 0.15) is 118 Å². The highest BCUT2D eigenvalue weighted by molar-refractivity contribution is 5.97. The second-order valence-corrected chi connectivity index (χ2v) is 15.1. The molecule has 2 aromatic heterocycles. The molecule has 0 aliphatic heterocycles. The van der Waals surface area contributed by atoms with Gasteiger partial charge in [-0.05, 0) is 125 Å². The number of rotatable bonds is 19. The van der Waals surface area contributed by atoms with Gasteiger partial charge in [-0.25, -0.2) is 0 Å². The zero-order chi connectivity index (χ0) is 32.6. The van der Waals surface area contributed by atoms with Gasteiger partial charge in [0.25, 0.3) is 5.91 Å². The van der Waals surface area contributed by atoms with E-state index in [-0.39, 0.29) is 17.4 Å². The Hall–Kier alpha value is -3.10. The summed E-state index contributed by atoms with van der Waals surface area (Å²) in [6.45, 7) is 2.28. The van der Waals surface area contributed by atoms with Gasteiger partial charge in [0.15, 0.2) is 0 Å². The highest BCUT2D eigenvalue weighted by Gasteiger charge is 2.52. The van der Waals surface area contributed by atoms with E-state index in [4.69, 9.17) is 11.5 Å². The summed E-state index contributed by atoms with van der Waals surface area (Å²) in [6, 6.07) is 11.6. The fraction of sp³-hybridized carbons (Fsp3) is 0.641. The topological polar surface area (TPSA) is 131 Å². The molecule has 4 aliphatic rings. The van der Waals surface area contributed by atoms with Crippen molar-refractivity contribution in [3.05, 3.63) is 59.5 Å². The Morgan fingerprint density at radius 2 is 1.47 bits per heavy atom. The second-order valence-electron chi connectivity index (χ2n) is 15.1. The zero-order valence-corrected chi connectivity index (χ0v) is 28.4. The van der Waals surface area contributed by atoms with Crippen molar-refractivity contribution in [2.45, 2.75) is 127 Å². The van der Waals surface area contributed by atoms with E-state index in [1.165, 1.54) is 44.2 Å². The molecule has 0 radical (unpaired) electrons. The summed E-state index contributed by atoms with van der Waals surface area (Å²) in [7, 11) is 0. The molecule has 2 heterocycles. The molecular formula is C39H58N6O2. The summed E-state index contributed by atoms with van der Waals surface area (Å²) in [5.74, 6) is 2.00. The van der Waals surface area contributed by atoms with Crippen LogP contribution in [0.2, 0.25) is 0 Å². The predicted molar refractivity (Wildman–Crippen MR) is 190 cm³/mol. The second kappa shape index (κ2) is 15.9. The molecule has 3 aromatic rings. The highest BCUT2D eigenvalue weighted by Crippen LogP contribution is 2.55. The van der Waals surface area contributed by atoms with Crippen LogP contribution >= 0.6 is 0 Å². The molecule has 7 rings (SSSR count). The molecular weight excluding hydrogens is 584 g/mol. The largest absolute Gasteiger partial charge is 0.361 e. The minimum atomic E-state index is -0.659. The number of carbonyl (C=O) groups is 2. The van der Waals surface area contributed by atoms with E-state index in [9.17, 15) is 9.59 Å². The van der Waals surface area contributed by atoms with E-state index < -0.39 is 6.04 Å². The maximum atomic E-state index is 14.3. The summed E-state index contributed by atoms with van der Waals surface area (Å²) in [6.07, 6.45) is 20.6. The lowest BCUT2D eigenvalue weighted by Gasteiger charge is -2.57. The number of aryl methyl sites for hydroxylation is 1. The van der Waals surface area contributed by atoms with Crippen LogP contribution in [0.25, 0.3) is 10.9 Å². The van der Waals surface area contributed by atoms with E-state index in [2.05, 4.69) is 38.4 Å². The van der Waals surface area contributed by atoms with Crippen molar-refractivity contribution in [2.75, 3.05) is 13.1 Å². The van der Waals surface area contributed by atoms with Crippen LogP contribution in [-0.2, 0) is 24.2 Å². The van der Waals surface area contributed by atoms with Crippen molar-refractivity contribution in [1.82, 2.24) is 20.2 Å². The SMILES string of the molecule is NCCCCCCCc1ccc(C(=O)N[C@@H](Cc2c[nH]c3ccccc23)C(=O)NC23CC4CC(CC(C4)C2)C3)n1CCCCCCN. The molecule has 256 valence electrons. The number of hydrogen-bond donors (Lipinski definition) is 5. The first-order valence-electron chi connectivity index (χ1n) is 18.7. The Kier molecular flexibility index (Phi) is 11.4. The van der Waals surface area contributed by atoms with Crippen molar-refractivity contribution in [1.29, 1.82) is 0 Å². The standard InChI is InChI=1S/C39H58N6O2/c40-17-9-3-1-2-6-12-32-15-16-36(45(32)19-11-5-4-10-18-41)38(47)43-35(23-31-27-42-34-14-8-7-13-33(31)34)37(46)44-39-24-28-20-29(25-39)22-30(21-28)26-39/h7-8,13-16,27-30,35,42H,1-6,9-12,17-26,40-41H2,(H,43,47)(H,44,46)/t28?,29?,30?,35-,39?/m0/s1. The third-order valence-corrected chi connectivity index (χ3v) is 11.4. The van der Waals surface area contributed by atoms with Crippen molar-refractivity contribution in [2.24, 2.45) is 29.2 Å². The number of hydrogen-bond acceptors (Lipinski definition) is 4. The molecule has 0 unspecified atom stereocenters. The molecule has 7 N–H and O–H groups in total. The molecule has 1 atom stereocenters. The number of unbranched alkanes of at least 4 members (excludes halogenated alkanes) is 7. The molecule has 4 saturated carbocycles. The van der Waals surface area contributed by atoms with Crippen molar-refractivity contribution in [3.8, 4) is 0 Å². The summed E-state index contributed by atoms with van der Waals surface area (Å²) in [5.41, 5.74) is 15.3. The predicted octanol–water partition coefficient (Wildman–Crippen LogP) is 6.37. The number of benzene rings is 1. The first-order valence-corrected chi connectivity index (χ1v) is 18.7. The van der Waals surface area contributed by atoms with Crippen LogP contribution < -0.4 is 22.1 Å². The molecule has 8 heteroatoms.